The van der Waals surface area contributed by atoms with E-state index in [0.29, 0.717) is 19.4 Å². The number of carbonyl (C=O) groups excluding carboxylic acids is 2. The summed E-state index contributed by atoms with van der Waals surface area (Å²) in [6, 6.07) is 4.26. The fourth-order valence-electron chi connectivity index (χ4n) is 2.53. The van der Waals surface area contributed by atoms with Gasteiger partial charge in [-0.05, 0) is 37.5 Å². The SMILES string of the molecule is CC(NC(=O)NC1CCS(=O)(=O)C1)C(=O)NCCc1ccc(F)cc1. The summed E-state index contributed by atoms with van der Waals surface area (Å²) in [6.07, 6.45) is 0.929. The van der Waals surface area contributed by atoms with Crippen molar-refractivity contribution < 1.29 is 22.4 Å². The molecular formula is C16H22FN3O4S. The van der Waals surface area contributed by atoms with Gasteiger partial charge in [-0.1, -0.05) is 12.1 Å². The van der Waals surface area contributed by atoms with E-state index < -0.39 is 28.0 Å². The molecule has 0 bridgehead atoms. The average molecular weight is 371 g/mol. The maximum absolute atomic E-state index is 12.8. The van der Waals surface area contributed by atoms with Crippen LogP contribution < -0.4 is 16.0 Å². The van der Waals surface area contributed by atoms with Crippen molar-refractivity contribution in [3.05, 3.63) is 35.6 Å². The van der Waals surface area contributed by atoms with Crippen LogP contribution in [0.3, 0.4) is 0 Å². The second-order valence-corrected chi connectivity index (χ2v) is 8.34. The Balaban J connectivity index is 1.68. The smallest absolute Gasteiger partial charge is 0.315 e. The first-order valence-electron chi connectivity index (χ1n) is 8.05. The monoisotopic (exact) mass is 371 g/mol. The molecule has 0 aliphatic carbocycles. The highest BCUT2D eigenvalue weighted by molar-refractivity contribution is 7.91. The Labute approximate surface area is 146 Å². The van der Waals surface area contributed by atoms with E-state index in [0.717, 1.165) is 5.56 Å². The molecule has 1 saturated heterocycles. The molecule has 25 heavy (non-hydrogen) atoms. The molecule has 9 heteroatoms. The van der Waals surface area contributed by atoms with Gasteiger partial charge in [-0.25, -0.2) is 17.6 Å². The van der Waals surface area contributed by atoms with Crippen molar-refractivity contribution in [2.24, 2.45) is 0 Å². The lowest BCUT2D eigenvalue weighted by Crippen LogP contribution is -2.51. The standard InChI is InChI=1S/C16H22FN3O4S/c1-11(19-16(22)20-14-7-9-25(23,24)10-14)15(21)18-8-6-12-2-4-13(17)5-3-12/h2-5,11,14H,6-10H2,1H3,(H,18,21)(H2,19,20,22). The first-order chi connectivity index (χ1) is 11.7. The molecule has 0 saturated carbocycles. The predicted molar refractivity (Wildman–Crippen MR) is 91.3 cm³/mol. The van der Waals surface area contributed by atoms with Gasteiger partial charge in [-0.3, -0.25) is 4.79 Å². The summed E-state index contributed by atoms with van der Waals surface area (Å²) in [5.74, 6) is -0.668. The third-order valence-corrected chi connectivity index (χ3v) is 5.70. The predicted octanol–water partition coefficient (Wildman–Crippen LogP) is 0.359. The number of sulfone groups is 1. The van der Waals surface area contributed by atoms with Crippen LogP contribution in [0.4, 0.5) is 9.18 Å². The number of nitrogens with one attached hydrogen (secondary N) is 3. The highest BCUT2D eigenvalue weighted by Gasteiger charge is 2.29. The fraction of sp³-hybridized carbons (Fsp3) is 0.500. The summed E-state index contributed by atoms with van der Waals surface area (Å²) in [6.45, 7) is 1.90. The summed E-state index contributed by atoms with van der Waals surface area (Å²) in [4.78, 5) is 23.8. The summed E-state index contributed by atoms with van der Waals surface area (Å²) in [5.41, 5.74) is 0.891. The second kappa shape index (κ2) is 8.28. The zero-order valence-corrected chi connectivity index (χ0v) is 14.7. The van der Waals surface area contributed by atoms with Gasteiger partial charge in [0.15, 0.2) is 9.84 Å². The summed E-state index contributed by atoms with van der Waals surface area (Å²) in [5, 5.41) is 7.73. The minimum absolute atomic E-state index is 0.0668. The number of urea groups is 1. The van der Waals surface area contributed by atoms with Gasteiger partial charge < -0.3 is 16.0 Å². The number of halogens is 1. The molecule has 2 atom stereocenters. The van der Waals surface area contributed by atoms with Gasteiger partial charge in [0, 0.05) is 12.6 Å². The molecular weight excluding hydrogens is 349 g/mol. The van der Waals surface area contributed by atoms with E-state index in [9.17, 15) is 22.4 Å². The molecule has 1 heterocycles. The van der Waals surface area contributed by atoms with Crippen LogP contribution in [0.5, 0.6) is 0 Å². The Bertz CT molecular complexity index is 721. The van der Waals surface area contributed by atoms with Crippen molar-refractivity contribution in [1.82, 2.24) is 16.0 Å². The van der Waals surface area contributed by atoms with Gasteiger partial charge in [-0.2, -0.15) is 0 Å². The number of hydrogen-bond acceptors (Lipinski definition) is 4. The number of amides is 3. The molecule has 1 fully saturated rings. The van der Waals surface area contributed by atoms with E-state index in [-0.39, 0.29) is 23.2 Å². The van der Waals surface area contributed by atoms with E-state index >= 15 is 0 Å². The van der Waals surface area contributed by atoms with Crippen LogP contribution in [-0.4, -0.2) is 50.5 Å². The molecule has 0 spiro atoms. The highest BCUT2D eigenvalue weighted by Crippen LogP contribution is 2.10. The van der Waals surface area contributed by atoms with Crippen LogP contribution in [0, 0.1) is 5.82 Å². The Morgan fingerprint density at radius 3 is 2.56 bits per heavy atom. The van der Waals surface area contributed by atoms with Crippen LogP contribution in [0.25, 0.3) is 0 Å². The largest absolute Gasteiger partial charge is 0.354 e. The van der Waals surface area contributed by atoms with Gasteiger partial charge in [0.1, 0.15) is 11.9 Å². The normalized spacial score (nSPS) is 19.8. The van der Waals surface area contributed by atoms with Crippen LogP contribution >= 0.6 is 0 Å². The Morgan fingerprint density at radius 2 is 1.96 bits per heavy atom. The van der Waals surface area contributed by atoms with Crippen LogP contribution in [0.2, 0.25) is 0 Å². The van der Waals surface area contributed by atoms with Gasteiger partial charge in [0.2, 0.25) is 5.91 Å². The number of hydrogen-bond donors (Lipinski definition) is 3. The summed E-state index contributed by atoms with van der Waals surface area (Å²) >= 11 is 0. The van der Waals surface area contributed by atoms with Gasteiger partial charge in [-0.15, -0.1) is 0 Å². The molecule has 1 aromatic rings. The summed E-state index contributed by atoms with van der Waals surface area (Å²) in [7, 11) is -3.07. The third kappa shape index (κ3) is 6.33. The van der Waals surface area contributed by atoms with E-state index in [2.05, 4.69) is 16.0 Å². The summed E-state index contributed by atoms with van der Waals surface area (Å²) < 4.78 is 35.5. The lowest BCUT2D eigenvalue weighted by molar-refractivity contribution is -0.122. The van der Waals surface area contributed by atoms with Gasteiger partial charge >= 0.3 is 6.03 Å². The van der Waals surface area contributed by atoms with Gasteiger partial charge in [0.25, 0.3) is 0 Å². The zero-order valence-electron chi connectivity index (χ0n) is 13.9. The molecule has 2 unspecified atom stereocenters. The Kier molecular flexibility index (Phi) is 6.35. The molecule has 1 aliphatic heterocycles. The van der Waals surface area contributed by atoms with Crippen molar-refractivity contribution in [2.45, 2.75) is 31.8 Å². The molecule has 7 nitrogen and oxygen atoms in total. The third-order valence-electron chi connectivity index (χ3n) is 3.93. The Morgan fingerprint density at radius 1 is 1.28 bits per heavy atom. The molecule has 138 valence electrons. The molecule has 1 aliphatic rings. The highest BCUT2D eigenvalue weighted by atomic mass is 32.2. The lowest BCUT2D eigenvalue weighted by Gasteiger charge is -2.17. The topological polar surface area (TPSA) is 104 Å². The minimum atomic E-state index is -3.07. The van der Waals surface area contributed by atoms with Crippen LogP contribution in [0.1, 0.15) is 18.9 Å². The first-order valence-corrected chi connectivity index (χ1v) is 9.87. The van der Waals surface area contributed by atoms with Crippen LogP contribution in [-0.2, 0) is 21.1 Å². The maximum Gasteiger partial charge on any atom is 0.315 e. The van der Waals surface area contributed by atoms with Crippen molar-refractivity contribution in [2.75, 3.05) is 18.1 Å². The van der Waals surface area contributed by atoms with E-state index in [1.54, 1.807) is 12.1 Å². The maximum atomic E-state index is 12.8. The quantitative estimate of drug-likeness (QED) is 0.671. The first kappa shape index (κ1) is 19.2. The van der Waals surface area contributed by atoms with Crippen molar-refractivity contribution >= 4 is 21.8 Å². The molecule has 2 rings (SSSR count). The van der Waals surface area contributed by atoms with Crippen molar-refractivity contribution in [3.8, 4) is 0 Å². The average Bonchev–Trinajstić information content (AvgIpc) is 2.87. The molecule has 3 amide bonds. The second-order valence-electron chi connectivity index (χ2n) is 6.11. The zero-order chi connectivity index (χ0) is 18.4. The number of benzene rings is 1. The Hall–Kier alpha value is -2.16. The molecule has 3 N–H and O–H groups in total. The van der Waals surface area contributed by atoms with E-state index in [1.807, 2.05) is 0 Å². The van der Waals surface area contributed by atoms with E-state index in [1.165, 1.54) is 19.1 Å². The fourth-order valence-corrected chi connectivity index (χ4v) is 4.21. The number of carbonyl (C=O) groups is 2. The molecule has 1 aromatic carbocycles. The van der Waals surface area contributed by atoms with Crippen molar-refractivity contribution in [1.29, 1.82) is 0 Å². The van der Waals surface area contributed by atoms with Gasteiger partial charge in [0.05, 0.1) is 11.5 Å². The molecule has 0 radical (unpaired) electrons. The van der Waals surface area contributed by atoms with Crippen molar-refractivity contribution in [3.63, 3.8) is 0 Å². The number of rotatable bonds is 6. The van der Waals surface area contributed by atoms with Crippen LogP contribution in [0.15, 0.2) is 24.3 Å². The minimum Gasteiger partial charge on any atom is -0.354 e. The lowest BCUT2D eigenvalue weighted by atomic mass is 10.1. The van der Waals surface area contributed by atoms with E-state index in [4.69, 9.17) is 0 Å². The molecule has 0 aromatic heterocycles.